The van der Waals surface area contributed by atoms with Crippen LogP contribution in [0.3, 0.4) is 0 Å². The first-order chi connectivity index (χ1) is 9.65. The van der Waals surface area contributed by atoms with Gasteiger partial charge in [-0.3, -0.25) is 0 Å². The number of nitrogens with zero attached hydrogens (tertiary/aromatic N) is 3. The quantitative estimate of drug-likeness (QED) is 0.665. The van der Waals surface area contributed by atoms with E-state index in [2.05, 4.69) is 34.1 Å². The van der Waals surface area contributed by atoms with E-state index in [9.17, 15) is 0 Å². The summed E-state index contributed by atoms with van der Waals surface area (Å²) in [4.78, 5) is 12.6. The molecule has 1 heterocycles. The zero-order valence-corrected chi connectivity index (χ0v) is 13.0. The fourth-order valence-electron chi connectivity index (χ4n) is 1.50. The predicted octanol–water partition coefficient (Wildman–Crippen LogP) is 3.05. The van der Waals surface area contributed by atoms with Gasteiger partial charge in [-0.1, -0.05) is 26.7 Å². The molecule has 0 spiro atoms. The van der Waals surface area contributed by atoms with Crippen LogP contribution in [0, 0.1) is 0 Å². The molecule has 0 atom stereocenters. The Balaban J connectivity index is 2.69. The largest absolute Gasteiger partial charge is 0.463 e. The van der Waals surface area contributed by atoms with E-state index in [1.54, 1.807) is 0 Å². The molecule has 0 saturated heterocycles. The Labute approximate surface area is 121 Å². The smallest absolute Gasteiger partial charge is 0.324 e. The summed E-state index contributed by atoms with van der Waals surface area (Å²) in [5, 5.41) is 3.13. The van der Waals surface area contributed by atoms with Crippen molar-refractivity contribution in [3.8, 4) is 12.0 Å². The Morgan fingerprint density at radius 3 is 2.40 bits per heavy atom. The summed E-state index contributed by atoms with van der Waals surface area (Å²) in [6.45, 7) is 9.54. The topological polar surface area (TPSA) is 69.2 Å². The molecule has 0 radical (unpaired) electrons. The van der Waals surface area contributed by atoms with E-state index in [1.807, 2.05) is 13.8 Å². The average Bonchev–Trinajstić information content (AvgIpc) is 2.40. The van der Waals surface area contributed by atoms with Crippen molar-refractivity contribution in [3.05, 3.63) is 0 Å². The second kappa shape index (κ2) is 9.34. The number of nitrogens with one attached hydrogen (secondary N) is 1. The van der Waals surface area contributed by atoms with Crippen LogP contribution in [0.2, 0.25) is 0 Å². The van der Waals surface area contributed by atoms with Crippen LogP contribution in [0.15, 0.2) is 0 Å². The second-order valence-electron chi connectivity index (χ2n) is 4.87. The minimum absolute atomic E-state index is 0.0179. The second-order valence-corrected chi connectivity index (χ2v) is 4.87. The first-order valence-electron chi connectivity index (χ1n) is 7.45. The van der Waals surface area contributed by atoms with E-state index in [-0.39, 0.29) is 6.10 Å². The average molecular weight is 282 g/mol. The predicted molar refractivity (Wildman–Crippen MR) is 79.4 cm³/mol. The molecule has 1 aromatic heterocycles. The van der Waals surface area contributed by atoms with Crippen LogP contribution in [-0.2, 0) is 0 Å². The van der Waals surface area contributed by atoms with E-state index in [4.69, 9.17) is 9.47 Å². The lowest BCUT2D eigenvalue weighted by molar-refractivity contribution is 0.212. The van der Waals surface area contributed by atoms with Gasteiger partial charge in [-0.05, 0) is 26.7 Å². The van der Waals surface area contributed by atoms with Gasteiger partial charge in [-0.15, -0.1) is 4.98 Å². The first kappa shape index (κ1) is 16.5. The lowest BCUT2D eigenvalue weighted by Crippen LogP contribution is -2.13. The molecule has 114 valence electrons. The van der Waals surface area contributed by atoms with Crippen LogP contribution in [0.4, 0.5) is 5.95 Å². The minimum Gasteiger partial charge on any atom is -0.463 e. The molecule has 6 heteroatoms. The van der Waals surface area contributed by atoms with Gasteiger partial charge in [-0.25, -0.2) is 0 Å². The van der Waals surface area contributed by atoms with E-state index < -0.39 is 0 Å². The van der Waals surface area contributed by atoms with E-state index in [1.165, 1.54) is 0 Å². The van der Waals surface area contributed by atoms with Crippen LogP contribution < -0.4 is 14.8 Å². The Morgan fingerprint density at radius 1 is 1.00 bits per heavy atom. The molecule has 0 aromatic carbocycles. The third-order valence-corrected chi connectivity index (χ3v) is 2.45. The van der Waals surface area contributed by atoms with E-state index >= 15 is 0 Å². The van der Waals surface area contributed by atoms with Gasteiger partial charge in [0.2, 0.25) is 5.95 Å². The number of hydrogen-bond donors (Lipinski definition) is 1. The van der Waals surface area contributed by atoms with Crippen molar-refractivity contribution >= 4 is 5.95 Å². The maximum Gasteiger partial charge on any atom is 0.324 e. The molecule has 0 bridgehead atoms. The Bertz CT molecular complexity index is 385. The molecule has 0 saturated carbocycles. The zero-order valence-electron chi connectivity index (χ0n) is 13.0. The van der Waals surface area contributed by atoms with Crippen molar-refractivity contribution in [1.29, 1.82) is 0 Å². The van der Waals surface area contributed by atoms with Crippen molar-refractivity contribution in [2.75, 3.05) is 18.5 Å². The van der Waals surface area contributed by atoms with Gasteiger partial charge in [0.25, 0.3) is 0 Å². The number of rotatable bonds is 10. The summed E-state index contributed by atoms with van der Waals surface area (Å²) in [6, 6.07) is 0.629. The zero-order chi connectivity index (χ0) is 14.8. The molecule has 1 aromatic rings. The summed E-state index contributed by atoms with van der Waals surface area (Å²) >= 11 is 0. The number of ether oxygens (including phenoxy) is 2. The molecular weight excluding hydrogens is 256 g/mol. The van der Waals surface area contributed by atoms with E-state index in [0.29, 0.717) is 24.6 Å². The minimum atomic E-state index is 0.0179. The summed E-state index contributed by atoms with van der Waals surface area (Å²) in [7, 11) is 0. The van der Waals surface area contributed by atoms with Crippen molar-refractivity contribution in [2.45, 2.75) is 59.5 Å². The van der Waals surface area contributed by atoms with Gasteiger partial charge in [0.15, 0.2) is 0 Å². The van der Waals surface area contributed by atoms with Crippen molar-refractivity contribution < 1.29 is 9.47 Å². The maximum atomic E-state index is 5.57. The van der Waals surface area contributed by atoms with E-state index in [0.717, 1.165) is 32.2 Å². The first-order valence-corrected chi connectivity index (χ1v) is 7.45. The van der Waals surface area contributed by atoms with Gasteiger partial charge in [0.1, 0.15) is 0 Å². The number of unbranched alkanes of at least 4 members (excludes halogenated alkanes) is 2. The highest BCUT2D eigenvalue weighted by molar-refractivity contribution is 5.27. The standard InChI is InChI=1S/C14H26N4O2/c1-5-7-8-10-19-13-16-12(15-9-6-2)17-14(18-13)20-11(3)4/h11H,5-10H2,1-4H3,(H,15,16,17,18). The van der Waals surface area contributed by atoms with Crippen molar-refractivity contribution in [1.82, 2.24) is 15.0 Å². The van der Waals surface area contributed by atoms with Gasteiger partial charge in [0.05, 0.1) is 12.7 Å². The molecule has 0 aliphatic rings. The fourth-order valence-corrected chi connectivity index (χ4v) is 1.50. The summed E-state index contributed by atoms with van der Waals surface area (Å²) in [5.74, 6) is 0.503. The summed E-state index contributed by atoms with van der Waals surface area (Å²) in [5.41, 5.74) is 0. The van der Waals surface area contributed by atoms with Gasteiger partial charge in [-0.2, -0.15) is 9.97 Å². The van der Waals surface area contributed by atoms with Crippen molar-refractivity contribution in [2.24, 2.45) is 0 Å². The molecule has 0 aliphatic carbocycles. The fraction of sp³-hybridized carbons (Fsp3) is 0.786. The highest BCUT2D eigenvalue weighted by Gasteiger charge is 2.09. The van der Waals surface area contributed by atoms with Gasteiger partial charge in [0, 0.05) is 6.54 Å². The SMILES string of the molecule is CCCCCOc1nc(NCCC)nc(OC(C)C)n1. The van der Waals surface area contributed by atoms with Crippen LogP contribution in [0.1, 0.15) is 53.4 Å². The molecule has 20 heavy (non-hydrogen) atoms. The maximum absolute atomic E-state index is 5.57. The van der Waals surface area contributed by atoms with Crippen LogP contribution in [-0.4, -0.2) is 34.2 Å². The molecule has 0 fully saturated rings. The molecule has 0 aliphatic heterocycles. The Hall–Kier alpha value is -1.59. The highest BCUT2D eigenvalue weighted by Crippen LogP contribution is 2.14. The summed E-state index contributed by atoms with van der Waals surface area (Å²) < 4.78 is 11.1. The Kier molecular flexibility index (Phi) is 7.69. The lowest BCUT2D eigenvalue weighted by atomic mass is 10.3. The molecule has 0 amide bonds. The molecule has 1 rings (SSSR count). The van der Waals surface area contributed by atoms with Crippen LogP contribution in [0.5, 0.6) is 12.0 Å². The van der Waals surface area contributed by atoms with Gasteiger partial charge < -0.3 is 14.8 Å². The molecular formula is C14H26N4O2. The highest BCUT2D eigenvalue weighted by atomic mass is 16.5. The lowest BCUT2D eigenvalue weighted by Gasteiger charge is -2.11. The van der Waals surface area contributed by atoms with Crippen LogP contribution in [0.25, 0.3) is 0 Å². The molecule has 6 nitrogen and oxygen atoms in total. The summed E-state index contributed by atoms with van der Waals surface area (Å²) in [6.07, 6.45) is 4.32. The third kappa shape index (κ3) is 6.54. The molecule has 0 unspecified atom stereocenters. The number of anilines is 1. The Morgan fingerprint density at radius 2 is 1.75 bits per heavy atom. The monoisotopic (exact) mass is 282 g/mol. The third-order valence-electron chi connectivity index (χ3n) is 2.45. The van der Waals surface area contributed by atoms with Crippen molar-refractivity contribution in [3.63, 3.8) is 0 Å². The number of aromatic nitrogens is 3. The number of hydrogen-bond acceptors (Lipinski definition) is 6. The normalized spacial score (nSPS) is 10.7. The van der Waals surface area contributed by atoms with Crippen LogP contribution >= 0.6 is 0 Å². The molecule has 1 N–H and O–H groups in total. The van der Waals surface area contributed by atoms with Gasteiger partial charge >= 0.3 is 12.0 Å².